The molecule has 1 heterocycles. The largest absolute Gasteiger partial charge is 0.454 e. The van der Waals surface area contributed by atoms with Crippen molar-refractivity contribution in [3.63, 3.8) is 0 Å². The highest BCUT2D eigenvalue weighted by atomic mass is 35.5. The van der Waals surface area contributed by atoms with Gasteiger partial charge in [-0.25, -0.2) is 4.79 Å². The minimum Gasteiger partial charge on any atom is -0.454 e. The molecule has 0 saturated carbocycles. The molecule has 1 aliphatic heterocycles. The second-order valence-corrected chi connectivity index (χ2v) is 6.67. The lowest BCUT2D eigenvalue weighted by atomic mass is 10.2. The molecule has 0 radical (unpaired) electrons. The summed E-state index contributed by atoms with van der Waals surface area (Å²) in [6.45, 7) is 1.71. The van der Waals surface area contributed by atoms with Crippen LogP contribution in [0.25, 0.3) is 0 Å². The van der Waals surface area contributed by atoms with Crippen molar-refractivity contribution >= 4 is 35.1 Å². The van der Waals surface area contributed by atoms with E-state index in [1.807, 2.05) is 24.3 Å². The van der Waals surface area contributed by atoms with Gasteiger partial charge in [0, 0.05) is 22.8 Å². The van der Waals surface area contributed by atoms with Crippen LogP contribution in [0.5, 0.6) is 0 Å². The molecular weight excluding hydrogens is 368 g/mol. The summed E-state index contributed by atoms with van der Waals surface area (Å²) >= 11 is 5.79. The van der Waals surface area contributed by atoms with E-state index in [1.54, 1.807) is 29.2 Å². The summed E-state index contributed by atoms with van der Waals surface area (Å²) in [6.07, 6.45) is 0.781. The lowest BCUT2D eigenvalue weighted by molar-refractivity contribution is -0.149. The predicted molar refractivity (Wildman–Crippen MR) is 102 cm³/mol. The Hall–Kier alpha value is -2.86. The van der Waals surface area contributed by atoms with Crippen molar-refractivity contribution in [2.24, 2.45) is 0 Å². The molecule has 6 nitrogen and oxygen atoms in total. The summed E-state index contributed by atoms with van der Waals surface area (Å²) in [5, 5.41) is 3.06. The van der Waals surface area contributed by atoms with Crippen LogP contribution in [0.1, 0.15) is 22.8 Å². The lowest BCUT2D eigenvalue weighted by Gasteiger charge is -2.18. The van der Waals surface area contributed by atoms with Crippen molar-refractivity contribution in [3.05, 3.63) is 64.7 Å². The Bertz CT molecular complexity index is 867. The third-order valence-corrected chi connectivity index (χ3v) is 4.59. The molecule has 0 fully saturated rings. The number of amides is 2. The summed E-state index contributed by atoms with van der Waals surface area (Å²) in [5.74, 6) is -1.38. The molecule has 3 rings (SSSR count). The van der Waals surface area contributed by atoms with E-state index in [1.165, 1.54) is 6.92 Å². The normalized spacial score (nSPS) is 13.6. The van der Waals surface area contributed by atoms with Crippen molar-refractivity contribution in [3.8, 4) is 0 Å². The second kappa shape index (κ2) is 8.22. The molecular formula is C20H19ClN2O4. The van der Waals surface area contributed by atoms with Gasteiger partial charge in [-0.2, -0.15) is 0 Å². The molecule has 0 spiro atoms. The van der Waals surface area contributed by atoms with Crippen LogP contribution in [0.2, 0.25) is 5.02 Å². The number of ether oxygens (including phenoxy) is 1. The molecule has 2 aromatic rings. The maximum atomic E-state index is 12.4. The number of nitrogens with one attached hydrogen (secondary N) is 1. The summed E-state index contributed by atoms with van der Waals surface area (Å²) in [7, 11) is 0. The molecule has 1 N–H and O–H groups in total. The van der Waals surface area contributed by atoms with Crippen molar-refractivity contribution in [1.82, 2.24) is 5.32 Å². The highest BCUT2D eigenvalue weighted by Gasteiger charge is 2.26. The van der Waals surface area contributed by atoms with Gasteiger partial charge in [0.1, 0.15) is 6.04 Å². The number of benzene rings is 2. The number of fused-ring (bicyclic) bond motifs is 1. The minimum atomic E-state index is -0.883. The van der Waals surface area contributed by atoms with Crippen LogP contribution in [-0.4, -0.2) is 37.0 Å². The Morgan fingerprint density at radius 2 is 1.85 bits per heavy atom. The first-order valence-corrected chi connectivity index (χ1v) is 8.95. The zero-order valence-corrected chi connectivity index (χ0v) is 15.5. The lowest BCUT2D eigenvalue weighted by Crippen LogP contribution is -2.41. The zero-order valence-electron chi connectivity index (χ0n) is 14.8. The summed E-state index contributed by atoms with van der Waals surface area (Å²) in [6, 6.07) is 13.1. The van der Waals surface area contributed by atoms with E-state index < -0.39 is 17.9 Å². The van der Waals surface area contributed by atoms with Crippen molar-refractivity contribution in [2.45, 2.75) is 19.4 Å². The van der Waals surface area contributed by atoms with E-state index in [9.17, 15) is 14.4 Å². The predicted octanol–water partition coefficient (Wildman–Crippen LogP) is 2.59. The number of carbonyl (C=O) groups excluding carboxylic acids is 3. The number of esters is 1. The summed E-state index contributed by atoms with van der Waals surface area (Å²) in [4.78, 5) is 38.2. The Kier molecular flexibility index (Phi) is 5.76. The van der Waals surface area contributed by atoms with Gasteiger partial charge in [0.2, 0.25) is 0 Å². The summed E-state index contributed by atoms with van der Waals surface area (Å²) in [5.41, 5.74) is 2.33. The monoisotopic (exact) mass is 386 g/mol. The Morgan fingerprint density at radius 3 is 2.59 bits per heavy atom. The Balaban J connectivity index is 1.51. The average molecular weight is 387 g/mol. The second-order valence-electron chi connectivity index (χ2n) is 6.23. The van der Waals surface area contributed by atoms with E-state index in [-0.39, 0.29) is 12.5 Å². The molecule has 0 saturated heterocycles. The molecule has 140 valence electrons. The first kappa shape index (κ1) is 18.9. The minimum absolute atomic E-state index is 0.287. The Labute approximate surface area is 162 Å². The number of halogens is 1. The van der Waals surface area contributed by atoms with E-state index in [4.69, 9.17) is 16.3 Å². The van der Waals surface area contributed by atoms with Crippen LogP contribution in [0.15, 0.2) is 48.5 Å². The third kappa shape index (κ3) is 4.46. The summed E-state index contributed by atoms with van der Waals surface area (Å²) < 4.78 is 5.08. The molecule has 27 heavy (non-hydrogen) atoms. The SMILES string of the molecule is C[C@H](NC(=O)c1ccc(Cl)cc1)C(=O)OCC(=O)N1CCc2ccccc21. The van der Waals surface area contributed by atoms with Crippen LogP contribution in [0.4, 0.5) is 5.69 Å². The molecule has 2 aromatic carbocycles. The van der Waals surface area contributed by atoms with Crippen LogP contribution >= 0.6 is 11.6 Å². The van der Waals surface area contributed by atoms with Gasteiger partial charge < -0.3 is 15.0 Å². The maximum absolute atomic E-state index is 12.4. The number of anilines is 1. The van der Waals surface area contributed by atoms with Crippen molar-refractivity contribution in [1.29, 1.82) is 0 Å². The van der Waals surface area contributed by atoms with E-state index in [0.29, 0.717) is 17.1 Å². The van der Waals surface area contributed by atoms with Crippen LogP contribution in [0, 0.1) is 0 Å². The molecule has 0 bridgehead atoms. The van der Waals surface area contributed by atoms with Gasteiger partial charge in [-0.3, -0.25) is 9.59 Å². The quantitative estimate of drug-likeness (QED) is 0.801. The van der Waals surface area contributed by atoms with Crippen LogP contribution in [0.3, 0.4) is 0 Å². The van der Waals surface area contributed by atoms with Gasteiger partial charge in [0.25, 0.3) is 11.8 Å². The van der Waals surface area contributed by atoms with Gasteiger partial charge in [-0.1, -0.05) is 29.8 Å². The zero-order chi connectivity index (χ0) is 19.4. The topological polar surface area (TPSA) is 75.7 Å². The standard InChI is InChI=1S/C20H19ClN2O4/c1-13(22-19(25)15-6-8-16(21)9-7-15)20(26)27-12-18(24)23-11-10-14-4-2-3-5-17(14)23/h2-9,13H,10-12H2,1H3,(H,22,25)/t13-/m0/s1. The third-order valence-electron chi connectivity index (χ3n) is 4.33. The number of rotatable bonds is 5. The van der Waals surface area contributed by atoms with E-state index in [0.717, 1.165) is 17.7 Å². The van der Waals surface area contributed by atoms with E-state index in [2.05, 4.69) is 5.32 Å². The molecule has 7 heteroatoms. The van der Waals surface area contributed by atoms with Crippen molar-refractivity contribution < 1.29 is 19.1 Å². The van der Waals surface area contributed by atoms with Crippen molar-refractivity contribution in [2.75, 3.05) is 18.1 Å². The number of hydrogen-bond donors (Lipinski definition) is 1. The smallest absolute Gasteiger partial charge is 0.328 e. The first-order valence-electron chi connectivity index (χ1n) is 8.57. The van der Waals surface area contributed by atoms with Gasteiger partial charge in [0.15, 0.2) is 6.61 Å². The molecule has 0 unspecified atom stereocenters. The van der Waals surface area contributed by atoms with Crippen LogP contribution in [-0.2, 0) is 20.7 Å². The fourth-order valence-electron chi connectivity index (χ4n) is 2.87. The van der Waals surface area contributed by atoms with Gasteiger partial charge in [-0.15, -0.1) is 0 Å². The number of hydrogen-bond acceptors (Lipinski definition) is 4. The van der Waals surface area contributed by atoms with Gasteiger partial charge in [-0.05, 0) is 49.2 Å². The number of carbonyl (C=O) groups is 3. The molecule has 2 amide bonds. The fraction of sp³-hybridized carbons (Fsp3) is 0.250. The first-order chi connectivity index (χ1) is 13.0. The van der Waals surface area contributed by atoms with Gasteiger partial charge >= 0.3 is 5.97 Å². The molecule has 1 atom stereocenters. The molecule has 0 aliphatic carbocycles. The number of nitrogens with zero attached hydrogens (tertiary/aromatic N) is 1. The molecule has 0 aromatic heterocycles. The number of para-hydroxylation sites is 1. The van der Waals surface area contributed by atoms with E-state index >= 15 is 0 Å². The van der Waals surface area contributed by atoms with Crippen LogP contribution < -0.4 is 10.2 Å². The fourth-order valence-corrected chi connectivity index (χ4v) is 3.00. The Morgan fingerprint density at radius 1 is 1.15 bits per heavy atom. The van der Waals surface area contributed by atoms with Gasteiger partial charge in [0.05, 0.1) is 0 Å². The molecule has 1 aliphatic rings. The maximum Gasteiger partial charge on any atom is 0.328 e. The highest BCUT2D eigenvalue weighted by Crippen LogP contribution is 2.27. The average Bonchev–Trinajstić information content (AvgIpc) is 3.10. The highest BCUT2D eigenvalue weighted by molar-refractivity contribution is 6.30.